The number of aryl methyl sites for hydroxylation is 2. The van der Waals surface area contributed by atoms with E-state index in [0.717, 1.165) is 29.0 Å². The molecule has 2 aromatic rings. The van der Waals surface area contributed by atoms with E-state index in [0.29, 0.717) is 0 Å². The first-order valence-electron chi connectivity index (χ1n) is 6.46. The van der Waals surface area contributed by atoms with Gasteiger partial charge in [0.25, 0.3) is 0 Å². The number of hydrogen-bond donors (Lipinski definition) is 1. The molecule has 0 unspecified atom stereocenters. The molecule has 1 heterocycles. The Morgan fingerprint density at radius 2 is 1.95 bits per heavy atom. The second-order valence-corrected chi connectivity index (χ2v) is 5.38. The average Bonchev–Trinajstić information content (AvgIpc) is 2.37. The van der Waals surface area contributed by atoms with E-state index in [2.05, 4.69) is 53.4 Å². The Hall–Kier alpha value is -1.55. The van der Waals surface area contributed by atoms with Crippen molar-refractivity contribution in [3.8, 4) is 0 Å². The summed E-state index contributed by atoms with van der Waals surface area (Å²) >= 11 is 1.75. The number of nitrogens with one attached hydrogen (secondary N) is 1. The number of anilines is 1. The van der Waals surface area contributed by atoms with Crippen LogP contribution in [0, 0.1) is 13.8 Å². The Kier molecular flexibility index (Phi) is 4.80. The zero-order valence-corrected chi connectivity index (χ0v) is 12.4. The van der Waals surface area contributed by atoms with Crippen LogP contribution < -0.4 is 5.32 Å². The van der Waals surface area contributed by atoms with Crippen molar-refractivity contribution in [3.63, 3.8) is 0 Å². The van der Waals surface area contributed by atoms with Crippen LogP contribution in [0.4, 0.5) is 5.82 Å². The number of thioether (sulfide) groups is 1. The number of nitrogens with zero attached hydrogens (tertiary/aromatic N) is 2. The predicted molar refractivity (Wildman–Crippen MR) is 81.7 cm³/mol. The van der Waals surface area contributed by atoms with Crippen molar-refractivity contribution in [1.29, 1.82) is 0 Å². The van der Waals surface area contributed by atoms with Crippen LogP contribution in [0.25, 0.3) is 0 Å². The minimum absolute atomic E-state index is 0.811. The first-order chi connectivity index (χ1) is 9.19. The van der Waals surface area contributed by atoms with Crippen LogP contribution in [0.3, 0.4) is 0 Å². The van der Waals surface area contributed by atoms with Gasteiger partial charge in [0.15, 0.2) is 0 Å². The summed E-state index contributed by atoms with van der Waals surface area (Å²) in [5.74, 6) is 2.65. The lowest BCUT2D eigenvalue weighted by atomic mass is 10.1. The molecule has 1 aromatic heterocycles. The SMILES string of the molecule is CCNc1cc(SCc2ccccc2C)nc(C)n1. The lowest BCUT2D eigenvalue weighted by Crippen LogP contribution is -2.02. The van der Waals surface area contributed by atoms with Crippen LogP contribution >= 0.6 is 11.8 Å². The normalized spacial score (nSPS) is 10.5. The largest absolute Gasteiger partial charge is 0.370 e. The molecule has 0 fully saturated rings. The van der Waals surface area contributed by atoms with Crippen molar-refractivity contribution >= 4 is 17.6 Å². The molecular weight excluding hydrogens is 254 g/mol. The van der Waals surface area contributed by atoms with Gasteiger partial charge in [0.1, 0.15) is 16.7 Å². The summed E-state index contributed by atoms with van der Waals surface area (Å²) < 4.78 is 0. The van der Waals surface area contributed by atoms with Gasteiger partial charge in [-0.1, -0.05) is 24.3 Å². The van der Waals surface area contributed by atoms with E-state index in [1.807, 2.05) is 13.0 Å². The van der Waals surface area contributed by atoms with Crippen molar-refractivity contribution in [2.45, 2.75) is 31.6 Å². The summed E-state index contributed by atoms with van der Waals surface area (Å²) in [6.07, 6.45) is 0. The summed E-state index contributed by atoms with van der Waals surface area (Å²) in [6, 6.07) is 10.5. The van der Waals surface area contributed by atoms with Crippen LogP contribution in [-0.4, -0.2) is 16.5 Å². The third-order valence-electron chi connectivity index (χ3n) is 2.81. The van der Waals surface area contributed by atoms with Gasteiger partial charge in [-0.05, 0) is 31.9 Å². The summed E-state index contributed by atoms with van der Waals surface area (Å²) in [5, 5.41) is 4.25. The molecule has 0 saturated heterocycles. The molecule has 1 N–H and O–H groups in total. The summed E-state index contributed by atoms with van der Waals surface area (Å²) in [6.45, 7) is 7.01. The highest BCUT2D eigenvalue weighted by Gasteiger charge is 2.04. The van der Waals surface area contributed by atoms with Crippen LogP contribution in [0.2, 0.25) is 0 Å². The van der Waals surface area contributed by atoms with Gasteiger partial charge >= 0.3 is 0 Å². The number of aromatic nitrogens is 2. The monoisotopic (exact) mass is 273 g/mol. The Labute approximate surface area is 118 Å². The second-order valence-electron chi connectivity index (χ2n) is 4.38. The van der Waals surface area contributed by atoms with Gasteiger partial charge in [-0.15, -0.1) is 11.8 Å². The molecule has 100 valence electrons. The maximum Gasteiger partial charge on any atom is 0.130 e. The van der Waals surface area contributed by atoms with Crippen molar-refractivity contribution in [2.24, 2.45) is 0 Å². The van der Waals surface area contributed by atoms with Crippen LogP contribution in [0.15, 0.2) is 35.4 Å². The van der Waals surface area contributed by atoms with Crippen LogP contribution in [0.1, 0.15) is 23.9 Å². The molecule has 0 aliphatic rings. The van der Waals surface area contributed by atoms with E-state index >= 15 is 0 Å². The fourth-order valence-electron chi connectivity index (χ4n) is 1.81. The van der Waals surface area contributed by atoms with Gasteiger partial charge in [-0.25, -0.2) is 9.97 Å². The molecule has 2 rings (SSSR count). The summed E-state index contributed by atoms with van der Waals surface area (Å²) in [7, 11) is 0. The highest BCUT2D eigenvalue weighted by atomic mass is 32.2. The van der Waals surface area contributed by atoms with Crippen molar-refractivity contribution in [1.82, 2.24) is 9.97 Å². The van der Waals surface area contributed by atoms with Gasteiger partial charge in [0, 0.05) is 18.4 Å². The zero-order valence-electron chi connectivity index (χ0n) is 11.6. The van der Waals surface area contributed by atoms with Gasteiger partial charge in [0.05, 0.1) is 0 Å². The Balaban J connectivity index is 2.09. The molecule has 0 aliphatic heterocycles. The molecule has 0 saturated carbocycles. The van der Waals surface area contributed by atoms with Crippen molar-refractivity contribution < 1.29 is 0 Å². The smallest absolute Gasteiger partial charge is 0.130 e. The highest BCUT2D eigenvalue weighted by molar-refractivity contribution is 7.98. The van der Waals surface area contributed by atoms with Gasteiger partial charge in [-0.3, -0.25) is 0 Å². The van der Waals surface area contributed by atoms with Gasteiger partial charge in [-0.2, -0.15) is 0 Å². The molecule has 0 amide bonds. The Morgan fingerprint density at radius 1 is 1.16 bits per heavy atom. The average molecular weight is 273 g/mol. The van der Waals surface area contributed by atoms with Crippen LogP contribution in [-0.2, 0) is 5.75 Å². The Bertz CT molecular complexity index is 555. The highest BCUT2D eigenvalue weighted by Crippen LogP contribution is 2.24. The molecule has 0 atom stereocenters. The maximum atomic E-state index is 4.47. The number of hydrogen-bond acceptors (Lipinski definition) is 4. The van der Waals surface area contributed by atoms with E-state index in [1.54, 1.807) is 11.8 Å². The molecule has 0 bridgehead atoms. The molecule has 0 aliphatic carbocycles. The van der Waals surface area contributed by atoms with E-state index in [-0.39, 0.29) is 0 Å². The predicted octanol–water partition coefficient (Wildman–Crippen LogP) is 3.82. The maximum absolute atomic E-state index is 4.47. The summed E-state index contributed by atoms with van der Waals surface area (Å²) in [5.41, 5.74) is 2.68. The molecule has 0 radical (unpaired) electrons. The standard InChI is InChI=1S/C15H19N3S/c1-4-16-14-9-15(18-12(3)17-14)19-10-13-8-6-5-7-11(13)2/h5-9H,4,10H2,1-3H3,(H,16,17,18). The molecule has 19 heavy (non-hydrogen) atoms. The van der Waals surface area contributed by atoms with E-state index < -0.39 is 0 Å². The number of rotatable bonds is 5. The first kappa shape index (κ1) is 13.9. The van der Waals surface area contributed by atoms with E-state index in [1.165, 1.54) is 11.1 Å². The fraction of sp³-hybridized carbons (Fsp3) is 0.333. The van der Waals surface area contributed by atoms with Gasteiger partial charge in [0.2, 0.25) is 0 Å². The zero-order chi connectivity index (χ0) is 13.7. The minimum Gasteiger partial charge on any atom is -0.370 e. The third-order valence-corrected chi connectivity index (χ3v) is 3.77. The molecule has 1 aromatic carbocycles. The van der Waals surface area contributed by atoms with E-state index in [4.69, 9.17) is 0 Å². The lowest BCUT2D eigenvalue weighted by molar-refractivity contribution is 0.960. The lowest BCUT2D eigenvalue weighted by Gasteiger charge is -2.08. The quantitative estimate of drug-likeness (QED) is 0.664. The molecule has 4 heteroatoms. The topological polar surface area (TPSA) is 37.8 Å². The Morgan fingerprint density at radius 3 is 2.68 bits per heavy atom. The first-order valence-corrected chi connectivity index (χ1v) is 7.44. The molecular formula is C15H19N3S. The summed E-state index contributed by atoms with van der Waals surface area (Å²) in [4.78, 5) is 8.83. The molecule has 0 spiro atoms. The fourth-order valence-corrected chi connectivity index (χ4v) is 2.83. The minimum atomic E-state index is 0.811. The van der Waals surface area contributed by atoms with E-state index in [9.17, 15) is 0 Å². The van der Waals surface area contributed by atoms with Crippen molar-refractivity contribution in [2.75, 3.05) is 11.9 Å². The number of benzene rings is 1. The molecule has 3 nitrogen and oxygen atoms in total. The van der Waals surface area contributed by atoms with Crippen molar-refractivity contribution in [3.05, 3.63) is 47.3 Å². The van der Waals surface area contributed by atoms with Crippen LogP contribution in [0.5, 0.6) is 0 Å². The second kappa shape index (κ2) is 6.57. The third kappa shape index (κ3) is 3.96. The van der Waals surface area contributed by atoms with Gasteiger partial charge < -0.3 is 5.32 Å².